The Balaban J connectivity index is 1.45. The van der Waals surface area contributed by atoms with Crippen LogP contribution in [0.4, 0.5) is 0 Å². The number of hydrogen-bond acceptors (Lipinski definition) is 2. The number of hydrogen-bond donors (Lipinski definition) is 1. The van der Waals surface area contributed by atoms with Gasteiger partial charge in [0.25, 0.3) is 5.91 Å². The predicted octanol–water partition coefficient (Wildman–Crippen LogP) is 4.84. The average molecular weight is 365 g/mol. The van der Waals surface area contributed by atoms with Crippen LogP contribution in [0.5, 0.6) is 0 Å². The molecular weight excluding hydrogens is 332 g/mol. The summed E-state index contributed by atoms with van der Waals surface area (Å²) in [5.74, 6) is 0.811. The molecule has 0 radical (unpaired) electrons. The van der Waals surface area contributed by atoms with Crippen molar-refractivity contribution in [3.05, 3.63) is 71.8 Å². The zero-order valence-electron chi connectivity index (χ0n) is 16.7. The zero-order valence-corrected chi connectivity index (χ0v) is 16.7. The van der Waals surface area contributed by atoms with Crippen LogP contribution in [0.2, 0.25) is 0 Å². The topological polar surface area (TPSA) is 32.3 Å². The van der Waals surface area contributed by atoms with Crippen molar-refractivity contribution in [3.8, 4) is 0 Å². The van der Waals surface area contributed by atoms with E-state index in [0.717, 1.165) is 24.4 Å². The quantitative estimate of drug-likeness (QED) is 0.713. The van der Waals surface area contributed by atoms with E-state index in [2.05, 4.69) is 54.6 Å². The number of rotatable bonds is 7. The monoisotopic (exact) mass is 364 g/mol. The summed E-state index contributed by atoms with van der Waals surface area (Å²) >= 11 is 0. The van der Waals surface area contributed by atoms with Crippen molar-refractivity contribution in [2.24, 2.45) is 5.92 Å². The summed E-state index contributed by atoms with van der Waals surface area (Å²) in [4.78, 5) is 14.5. The first kappa shape index (κ1) is 19.6. The predicted molar refractivity (Wildman–Crippen MR) is 112 cm³/mol. The summed E-state index contributed by atoms with van der Waals surface area (Å²) < 4.78 is 0. The largest absolute Gasteiger partial charge is 0.352 e. The smallest absolute Gasteiger partial charge is 0.251 e. The molecule has 3 heteroatoms. The van der Waals surface area contributed by atoms with Gasteiger partial charge in [-0.3, -0.25) is 9.69 Å². The third-order valence-corrected chi connectivity index (χ3v) is 6.21. The second kappa shape index (κ2) is 9.18. The molecule has 0 atom stereocenters. The van der Waals surface area contributed by atoms with Gasteiger partial charge in [0.05, 0.1) is 0 Å². The number of nitrogens with one attached hydrogen (secondary N) is 1. The molecule has 0 aromatic heterocycles. The van der Waals surface area contributed by atoms with Crippen LogP contribution in [-0.2, 0) is 5.54 Å². The van der Waals surface area contributed by atoms with E-state index >= 15 is 0 Å². The molecule has 1 amide bonds. The van der Waals surface area contributed by atoms with E-state index in [-0.39, 0.29) is 11.4 Å². The summed E-state index contributed by atoms with van der Waals surface area (Å²) in [7, 11) is 4.43. The molecule has 1 saturated carbocycles. The molecule has 0 aliphatic heterocycles. The normalized spacial score (nSPS) is 22.6. The number of nitrogens with zero attached hydrogens (tertiary/aromatic N) is 1. The van der Waals surface area contributed by atoms with Gasteiger partial charge in [-0.25, -0.2) is 0 Å². The van der Waals surface area contributed by atoms with Crippen molar-refractivity contribution < 1.29 is 4.79 Å². The molecule has 0 spiro atoms. The van der Waals surface area contributed by atoms with Crippen molar-refractivity contribution in [3.63, 3.8) is 0 Å². The maximum absolute atomic E-state index is 12.1. The fourth-order valence-corrected chi connectivity index (χ4v) is 4.47. The van der Waals surface area contributed by atoms with E-state index in [9.17, 15) is 4.79 Å². The summed E-state index contributed by atoms with van der Waals surface area (Å²) in [6.45, 7) is 0.766. The van der Waals surface area contributed by atoms with Gasteiger partial charge in [-0.15, -0.1) is 0 Å². The molecule has 1 aliphatic carbocycles. The lowest BCUT2D eigenvalue weighted by molar-refractivity contribution is 0.0746. The fourth-order valence-electron chi connectivity index (χ4n) is 4.47. The van der Waals surface area contributed by atoms with Crippen molar-refractivity contribution >= 4 is 5.91 Å². The molecule has 0 saturated heterocycles. The van der Waals surface area contributed by atoms with Crippen LogP contribution < -0.4 is 5.32 Å². The third kappa shape index (κ3) is 4.78. The van der Waals surface area contributed by atoms with Gasteiger partial charge < -0.3 is 5.32 Å². The lowest BCUT2D eigenvalue weighted by Gasteiger charge is -2.45. The Kier molecular flexibility index (Phi) is 6.68. The Morgan fingerprint density at radius 1 is 1.00 bits per heavy atom. The molecule has 0 bridgehead atoms. The summed E-state index contributed by atoms with van der Waals surface area (Å²) in [6.07, 6.45) is 7.21. The highest BCUT2D eigenvalue weighted by atomic mass is 16.1. The maximum Gasteiger partial charge on any atom is 0.251 e. The number of carbonyl (C=O) groups excluding carboxylic acids is 1. The van der Waals surface area contributed by atoms with Gasteiger partial charge in [0.2, 0.25) is 0 Å². The van der Waals surface area contributed by atoms with Crippen LogP contribution in [0.1, 0.15) is 54.4 Å². The number of carbonyl (C=O) groups is 1. The van der Waals surface area contributed by atoms with Crippen molar-refractivity contribution in [1.82, 2.24) is 10.2 Å². The first-order valence-corrected chi connectivity index (χ1v) is 10.2. The summed E-state index contributed by atoms with van der Waals surface area (Å²) in [5, 5.41) is 3.05. The van der Waals surface area contributed by atoms with Crippen molar-refractivity contribution in [2.75, 3.05) is 20.6 Å². The van der Waals surface area contributed by atoms with E-state index in [1.807, 2.05) is 30.3 Å². The molecule has 0 heterocycles. The first-order chi connectivity index (χ1) is 13.1. The minimum atomic E-state index is 0.0370. The Hall–Kier alpha value is -2.13. The molecule has 2 aromatic rings. The van der Waals surface area contributed by atoms with E-state index in [4.69, 9.17) is 0 Å². The highest BCUT2D eigenvalue weighted by Crippen LogP contribution is 2.43. The maximum atomic E-state index is 12.1. The molecule has 2 aromatic carbocycles. The van der Waals surface area contributed by atoms with Crippen LogP contribution in [0.15, 0.2) is 60.7 Å². The standard InChI is InChI=1S/C24H32N2O/c1-26(2)24(22-13-7-4-8-14-22)17-15-20(16-18-24)10-9-19-25-23(27)21-11-5-3-6-12-21/h3-8,11-14,20H,9-10,15-19H2,1-2H3,(H,25,27). The van der Waals surface area contributed by atoms with E-state index in [1.165, 1.54) is 37.7 Å². The average Bonchev–Trinajstić information content (AvgIpc) is 2.72. The van der Waals surface area contributed by atoms with Crippen molar-refractivity contribution in [2.45, 2.75) is 44.1 Å². The van der Waals surface area contributed by atoms with Gasteiger partial charge in [-0.2, -0.15) is 0 Å². The van der Waals surface area contributed by atoms with E-state index < -0.39 is 0 Å². The van der Waals surface area contributed by atoms with Gasteiger partial charge in [0, 0.05) is 17.6 Å². The van der Waals surface area contributed by atoms with Gasteiger partial charge in [-0.05, 0) is 76.2 Å². The van der Waals surface area contributed by atoms with Crippen LogP contribution in [0.3, 0.4) is 0 Å². The molecule has 3 rings (SSSR count). The van der Waals surface area contributed by atoms with E-state index in [0.29, 0.717) is 0 Å². The van der Waals surface area contributed by atoms with Crippen LogP contribution in [0, 0.1) is 5.92 Å². The lowest BCUT2D eigenvalue weighted by Crippen LogP contribution is -2.44. The Labute approximate surface area is 163 Å². The fraction of sp³-hybridized carbons (Fsp3) is 0.458. The highest BCUT2D eigenvalue weighted by Gasteiger charge is 2.38. The Morgan fingerprint density at radius 3 is 2.19 bits per heavy atom. The second-order valence-corrected chi connectivity index (χ2v) is 8.00. The molecule has 0 unspecified atom stereocenters. The SMILES string of the molecule is CN(C)C1(c2ccccc2)CCC(CCCNC(=O)c2ccccc2)CC1. The molecule has 1 aliphatic rings. The zero-order chi connectivity index (χ0) is 19.1. The molecule has 3 nitrogen and oxygen atoms in total. The molecule has 144 valence electrons. The number of benzene rings is 2. The van der Waals surface area contributed by atoms with Gasteiger partial charge in [-0.1, -0.05) is 48.5 Å². The second-order valence-electron chi connectivity index (χ2n) is 8.00. The minimum absolute atomic E-state index is 0.0370. The lowest BCUT2D eigenvalue weighted by atomic mass is 9.71. The van der Waals surface area contributed by atoms with Crippen LogP contribution in [-0.4, -0.2) is 31.4 Å². The highest BCUT2D eigenvalue weighted by molar-refractivity contribution is 5.94. The van der Waals surface area contributed by atoms with Gasteiger partial charge >= 0.3 is 0 Å². The minimum Gasteiger partial charge on any atom is -0.352 e. The van der Waals surface area contributed by atoms with E-state index in [1.54, 1.807) is 0 Å². The van der Waals surface area contributed by atoms with Crippen LogP contribution in [0.25, 0.3) is 0 Å². The molecular formula is C24H32N2O. The first-order valence-electron chi connectivity index (χ1n) is 10.2. The molecule has 27 heavy (non-hydrogen) atoms. The van der Waals surface area contributed by atoms with Crippen LogP contribution >= 0.6 is 0 Å². The summed E-state index contributed by atoms with van der Waals surface area (Å²) in [6, 6.07) is 20.4. The number of amides is 1. The Morgan fingerprint density at radius 2 is 1.59 bits per heavy atom. The van der Waals surface area contributed by atoms with Crippen molar-refractivity contribution in [1.29, 1.82) is 0 Å². The van der Waals surface area contributed by atoms with Gasteiger partial charge in [0.15, 0.2) is 0 Å². The molecule has 1 fully saturated rings. The van der Waals surface area contributed by atoms with Gasteiger partial charge in [0.1, 0.15) is 0 Å². The Bertz CT molecular complexity index is 704. The summed E-state index contributed by atoms with van der Waals surface area (Å²) in [5.41, 5.74) is 2.37. The molecule has 1 N–H and O–H groups in total. The third-order valence-electron chi connectivity index (χ3n) is 6.21.